The molecule has 1 aromatic carbocycles. The highest BCUT2D eigenvalue weighted by molar-refractivity contribution is 7.17. The molecule has 2 rings (SSSR count). The van der Waals surface area contributed by atoms with Gasteiger partial charge >= 0.3 is 5.97 Å². The maximum Gasteiger partial charge on any atom is 0.330 e. The second-order valence-electron chi connectivity index (χ2n) is 3.69. The molecule has 0 fully saturated rings. The van der Waals surface area contributed by atoms with E-state index in [-0.39, 0.29) is 0 Å². The molecule has 0 bridgehead atoms. The number of anilines is 1. The minimum atomic E-state index is -1.25. The standard InChI is InChI=1S/C12H12N2O3S/c1-13-10(12(16)17)11(15)14-8-6-18-9-5-3-2-4-7(8)9/h2-6,10,13H,1H3,(H,14,15)(H,16,17). The van der Waals surface area contributed by atoms with Gasteiger partial charge in [0.15, 0.2) is 6.04 Å². The summed E-state index contributed by atoms with van der Waals surface area (Å²) in [5.74, 6) is -1.77. The topological polar surface area (TPSA) is 78.4 Å². The van der Waals surface area contributed by atoms with Crippen LogP contribution in [0.3, 0.4) is 0 Å². The molecule has 1 amide bonds. The SMILES string of the molecule is CNC(C(=O)O)C(=O)Nc1csc2ccccc12. The maximum absolute atomic E-state index is 11.8. The van der Waals surface area contributed by atoms with Gasteiger partial charge in [-0.1, -0.05) is 18.2 Å². The van der Waals surface area contributed by atoms with E-state index in [2.05, 4.69) is 10.6 Å². The number of nitrogens with one attached hydrogen (secondary N) is 2. The fourth-order valence-electron chi connectivity index (χ4n) is 1.65. The zero-order chi connectivity index (χ0) is 13.1. The van der Waals surface area contributed by atoms with Crippen molar-refractivity contribution in [3.05, 3.63) is 29.6 Å². The van der Waals surface area contributed by atoms with E-state index in [0.29, 0.717) is 5.69 Å². The Morgan fingerprint density at radius 2 is 2.06 bits per heavy atom. The molecule has 1 heterocycles. The normalized spacial score (nSPS) is 12.3. The predicted molar refractivity (Wildman–Crippen MR) is 70.9 cm³/mol. The number of fused-ring (bicyclic) bond motifs is 1. The minimum absolute atomic E-state index is 0.575. The number of rotatable bonds is 4. The fourth-order valence-corrected chi connectivity index (χ4v) is 2.54. The number of likely N-dealkylation sites (N-methyl/N-ethyl adjacent to an activating group) is 1. The molecular weight excluding hydrogens is 252 g/mol. The zero-order valence-electron chi connectivity index (χ0n) is 9.64. The molecule has 3 N–H and O–H groups in total. The first kappa shape index (κ1) is 12.5. The van der Waals surface area contributed by atoms with Crippen LogP contribution in [-0.4, -0.2) is 30.1 Å². The molecule has 5 nitrogen and oxygen atoms in total. The third kappa shape index (κ3) is 2.34. The van der Waals surface area contributed by atoms with Gasteiger partial charge in [-0.3, -0.25) is 10.1 Å². The van der Waals surface area contributed by atoms with Gasteiger partial charge in [-0.15, -0.1) is 11.3 Å². The summed E-state index contributed by atoms with van der Waals surface area (Å²) in [6.45, 7) is 0. The van der Waals surface area contributed by atoms with Gasteiger partial charge in [-0.2, -0.15) is 0 Å². The number of carbonyl (C=O) groups excluding carboxylic acids is 1. The summed E-state index contributed by atoms with van der Waals surface area (Å²) in [5, 5.41) is 16.7. The number of carbonyl (C=O) groups is 2. The molecule has 0 saturated heterocycles. The van der Waals surface area contributed by atoms with Gasteiger partial charge in [0.2, 0.25) is 0 Å². The van der Waals surface area contributed by atoms with Gasteiger partial charge in [0.05, 0.1) is 5.69 Å². The molecule has 0 spiro atoms. The third-order valence-electron chi connectivity index (χ3n) is 2.54. The lowest BCUT2D eigenvalue weighted by Crippen LogP contribution is -2.44. The number of carboxylic acid groups (broad SMARTS) is 1. The van der Waals surface area contributed by atoms with Crippen molar-refractivity contribution in [2.24, 2.45) is 0 Å². The molecule has 1 atom stereocenters. The second kappa shape index (κ2) is 5.16. The highest BCUT2D eigenvalue weighted by atomic mass is 32.1. The summed E-state index contributed by atoms with van der Waals surface area (Å²) < 4.78 is 1.05. The van der Waals surface area contributed by atoms with Crippen LogP contribution >= 0.6 is 11.3 Å². The Kier molecular flexibility index (Phi) is 3.59. The summed E-state index contributed by atoms with van der Waals surface area (Å²) >= 11 is 1.50. The summed E-state index contributed by atoms with van der Waals surface area (Å²) in [7, 11) is 1.43. The highest BCUT2D eigenvalue weighted by Crippen LogP contribution is 2.29. The molecule has 1 aromatic heterocycles. The van der Waals surface area contributed by atoms with Gasteiger partial charge in [-0.25, -0.2) is 4.79 Å². The van der Waals surface area contributed by atoms with E-state index in [1.54, 1.807) is 5.38 Å². The Morgan fingerprint density at radius 3 is 2.72 bits per heavy atom. The van der Waals surface area contributed by atoms with Crippen molar-refractivity contribution in [2.75, 3.05) is 12.4 Å². The van der Waals surface area contributed by atoms with E-state index in [9.17, 15) is 9.59 Å². The Morgan fingerprint density at radius 1 is 1.33 bits per heavy atom. The zero-order valence-corrected chi connectivity index (χ0v) is 10.5. The molecule has 0 aliphatic rings. The molecule has 18 heavy (non-hydrogen) atoms. The van der Waals surface area contributed by atoms with Crippen LogP contribution in [0.25, 0.3) is 10.1 Å². The fraction of sp³-hybridized carbons (Fsp3) is 0.167. The minimum Gasteiger partial charge on any atom is -0.480 e. The first-order chi connectivity index (χ1) is 8.63. The lowest BCUT2D eigenvalue weighted by Gasteiger charge is -2.10. The van der Waals surface area contributed by atoms with Crippen molar-refractivity contribution >= 4 is 39.0 Å². The Labute approximate surface area is 107 Å². The van der Waals surface area contributed by atoms with Crippen molar-refractivity contribution < 1.29 is 14.7 Å². The first-order valence-electron chi connectivity index (χ1n) is 5.30. The smallest absolute Gasteiger partial charge is 0.330 e. The van der Waals surface area contributed by atoms with E-state index in [4.69, 9.17) is 5.11 Å². The third-order valence-corrected chi connectivity index (χ3v) is 3.50. The summed E-state index contributed by atoms with van der Waals surface area (Å²) in [6.07, 6.45) is 0. The van der Waals surface area contributed by atoms with Gasteiger partial charge in [-0.05, 0) is 13.1 Å². The van der Waals surface area contributed by atoms with Crippen LogP contribution in [0.15, 0.2) is 29.6 Å². The van der Waals surface area contributed by atoms with Gasteiger partial charge in [0, 0.05) is 15.5 Å². The van der Waals surface area contributed by atoms with Crippen molar-refractivity contribution in [3.8, 4) is 0 Å². The number of carboxylic acids is 1. The monoisotopic (exact) mass is 264 g/mol. The van der Waals surface area contributed by atoms with E-state index in [1.165, 1.54) is 18.4 Å². The number of thiophene rings is 1. The Bertz CT molecular complexity index is 594. The highest BCUT2D eigenvalue weighted by Gasteiger charge is 2.24. The van der Waals surface area contributed by atoms with Crippen LogP contribution < -0.4 is 10.6 Å². The number of hydrogen-bond donors (Lipinski definition) is 3. The number of amides is 1. The predicted octanol–water partition coefficient (Wildman–Crippen LogP) is 1.51. The molecule has 0 aliphatic carbocycles. The summed E-state index contributed by atoms with van der Waals surface area (Å²) in [5.41, 5.74) is 0.641. The second-order valence-corrected chi connectivity index (χ2v) is 4.61. The maximum atomic E-state index is 11.8. The largest absolute Gasteiger partial charge is 0.480 e. The van der Waals surface area contributed by atoms with Crippen LogP contribution in [-0.2, 0) is 9.59 Å². The summed E-state index contributed by atoms with van der Waals surface area (Å²) in [6, 6.07) is 6.37. The van der Waals surface area contributed by atoms with Crippen LogP contribution in [0, 0.1) is 0 Å². The van der Waals surface area contributed by atoms with E-state index < -0.39 is 17.9 Å². The van der Waals surface area contributed by atoms with Crippen molar-refractivity contribution in [1.29, 1.82) is 0 Å². The van der Waals surface area contributed by atoms with Crippen LogP contribution in [0.2, 0.25) is 0 Å². The number of aliphatic carboxylic acids is 1. The van der Waals surface area contributed by atoms with Crippen molar-refractivity contribution in [2.45, 2.75) is 6.04 Å². The van der Waals surface area contributed by atoms with E-state index >= 15 is 0 Å². The molecule has 6 heteroatoms. The molecule has 2 aromatic rings. The van der Waals surface area contributed by atoms with Gasteiger partial charge < -0.3 is 10.4 Å². The van der Waals surface area contributed by atoms with Gasteiger partial charge in [0.25, 0.3) is 5.91 Å². The van der Waals surface area contributed by atoms with Gasteiger partial charge in [0.1, 0.15) is 0 Å². The summed E-state index contributed by atoms with van der Waals surface area (Å²) in [4.78, 5) is 22.6. The van der Waals surface area contributed by atoms with Crippen LogP contribution in [0.5, 0.6) is 0 Å². The average Bonchev–Trinajstić information content (AvgIpc) is 2.73. The van der Waals surface area contributed by atoms with Crippen LogP contribution in [0.4, 0.5) is 5.69 Å². The average molecular weight is 264 g/mol. The molecule has 0 radical (unpaired) electrons. The Hall–Kier alpha value is -1.92. The first-order valence-corrected chi connectivity index (χ1v) is 6.18. The Balaban J connectivity index is 2.24. The lowest BCUT2D eigenvalue weighted by molar-refractivity contribution is -0.142. The van der Waals surface area contributed by atoms with Crippen molar-refractivity contribution in [3.63, 3.8) is 0 Å². The lowest BCUT2D eigenvalue weighted by atomic mass is 10.2. The molecule has 1 unspecified atom stereocenters. The quantitative estimate of drug-likeness (QED) is 0.731. The van der Waals surface area contributed by atoms with Crippen LogP contribution in [0.1, 0.15) is 0 Å². The molecule has 0 aliphatic heterocycles. The molecule has 0 saturated carbocycles. The van der Waals surface area contributed by atoms with Crippen molar-refractivity contribution in [1.82, 2.24) is 5.32 Å². The number of hydrogen-bond acceptors (Lipinski definition) is 4. The van der Waals surface area contributed by atoms with E-state index in [0.717, 1.165) is 10.1 Å². The number of benzene rings is 1. The molecular formula is C12H12N2O3S. The molecule has 94 valence electrons. The van der Waals surface area contributed by atoms with E-state index in [1.807, 2.05) is 24.3 Å².